The summed E-state index contributed by atoms with van der Waals surface area (Å²) >= 11 is 0. The van der Waals surface area contributed by atoms with Crippen molar-refractivity contribution in [3.05, 3.63) is 42.0 Å². The summed E-state index contributed by atoms with van der Waals surface area (Å²) in [4.78, 5) is 4.29. The molecule has 0 saturated carbocycles. The molecule has 8 heteroatoms. The van der Waals surface area contributed by atoms with Gasteiger partial charge in [-0.15, -0.1) is 0 Å². The molecular formula is C22H31N3O5. The molecule has 0 spiro atoms. The zero-order valence-electron chi connectivity index (χ0n) is 18.3. The van der Waals surface area contributed by atoms with E-state index in [-0.39, 0.29) is 0 Å². The highest BCUT2D eigenvalue weighted by Crippen LogP contribution is 2.39. The van der Waals surface area contributed by atoms with Crippen molar-refractivity contribution < 1.29 is 23.7 Å². The average molecular weight is 418 g/mol. The SMILES string of the molecule is CN=C(NCc1ccc(OC)c(OC)c1OC)Nc1cccc(OCCCOC)c1. The molecule has 30 heavy (non-hydrogen) atoms. The molecule has 2 aromatic rings. The standard InChI is InChI=1S/C22H31N3O5/c1-23-22(25-17-8-6-9-18(14-17)30-13-7-12-26-2)24-15-16-10-11-19(27-3)21(29-5)20(16)28-4/h6,8-11,14H,7,12-13,15H2,1-5H3,(H2,23,24,25). The van der Waals surface area contributed by atoms with E-state index in [1.54, 1.807) is 35.5 Å². The molecule has 0 aliphatic carbocycles. The lowest BCUT2D eigenvalue weighted by atomic mass is 10.1. The van der Waals surface area contributed by atoms with E-state index in [0.29, 0.717) is 43.0 Å². The minimum Gasteiger partial charge on any atom is -0.493 e. The molecule has 0 aromatic heterocycles. The van der Waals surface area contributed by atoms with Gasteiger partial charge in [0.1, 0.15) is 5.75 Å². The molecule has 2 aromatic carbocycles. The third-order valence-corrected chi connectivity index (χ3v) is 4.31. The summed E-state index contributed by atoms with van der Waals surface area (Å²) in [5.41, 5.74) is 1.78. The second-order valence-electron chi connectivity index (χ2n) is 6.27. The summed E-state index contributed by atoms with van der Waals surface area (Å²) in [6, 6.07) is 11.5. The molecule has 0 radical (unpaired) electrons. The van der Waals surface area contributed by atoms with E-state index in [9.17, 15) is 0 Å². The highest BCUT2D eigenvalue weighted by molar-refractivity contribution is 5.93. The van der Waals surface area contributed by atoms with Crippen molar-refractivity contribution in [2.45, 2.75) is 13.0 Å². The van der Waals surface area contributed by atoms with Gasteiger partial charge in [0.2, 0.25) is 5.75 Å². The molecule has 0 atom stereocenters. The molecule has 2 N–H and O–H groups in total. The van der Waals surface area contributed by atoms with Crippen LogP contribution in [0.3, 0.4) is 0 Å². The number of methoxy groups -OCH3 is 4. The number of nitrogens with zero attached hydrogens (tertiary/aromatic N) is 1. The lowest BCUT2D eigenvalue weighted by molar-refractivity contribution is 0.172. The van der Waals surface area contributed by atoms with E-state index in [1.807, 2.05) is 36.4 Å². The highest BCUT2D eigenvalue weighted by atomic mass is 16.5. The van der Waals surface area contributed by atoms with E-state index in [1.165, 1.54) is 0 Å². The Morgan fingerprint density at radius 2 is 1.73 bits per heavy atom. The number of rotatable bonds is 11. The number of hydrogen-bond acceptors (Lipinski definition) is 6. The molecule has 0 amide bonds. The number of aliphatic imine (C=N–C) groups is 1. The predicted octanol–water partition coefficient (Wildman–Crippen LogP) is 3.32. The maximum Gasteiger partial charge on any atom is 0.203 e. The van der Waals surface area contributed by atoms with E-state index in [0.717, 1.165) is 23.4 Å². The van der Waals surface area contributed by atoms with Crippen LogP contribution in [0.1, 0.15) is 12.0 Å². The second kappa shape index (κ2) is 12.4. The molecule has 0 bridgehead atoms. The van der Waals surface area contributed by atoms with Crippen LogP contribution in [0.25, 0.3) is 0 Å². The number of anilines is 1. The van der Waals surface area contributed by atoms with Crippen molar-refractivity contribution in [1.82, 2.24) is 5.32 Å². The van der Waals surface area contributed by atoms with Gasteiger partial charge in [-0.25, -0.2) is 0 Å². The summed E-state index contributed by atoms with van der Waals surface area (Å²) in [5.74, 6) is 3.19. The Bertz CT molecular complexity index is 826. The van der Waals surface area contributed by atoms with Gasteiger partial charge >= 0.3 is 0 Å². The smallest absolute Gasteiger partial charge is 0.203 e. The molecule has 0 aliphatic heterocycles. The van der Waals surface area contributed by atoms with Crippen LogP contribution in [-0.4, -0.2) is 54.7 Å². The Morgan fingerprint density at radius 3 is 2.40 bits per heavy atom. The van der Waals surface area contributed by atoms with Crippen LogP contribution in [0, 0.1) is 0 Å². The van der Waals surface area contributed by atoms with Crippen LogP contribution in [0.5, 0.6) is 23.0 Å². The van der Waals surface area contributed by atoms with Crippen LogP contribution in [0.15, 0.2) is 41.4 Å². The van der Waals surface area contributed by atoms with Gasteiger partial charge in [0, 0.05) is 51.0 Å². The predicted molar refractivity (Wildman–Crippen MR) is 118 cm³/mol. The molecule has 0 fully saturated rings. The Morgan fingerprint density at radius 1 is 0.933 bits per heavy atom. The fraction of sp³-hybridized carbons (Fsp3) is 0.409. The van der Waals surface area contributed by atoms with Crippen LogP contribution in [0.2, 0.25) is 0 Å². The Kier molecular flexibility index (Phi) is 9.60. The van der Waals surface area contributed by atoms with Crippen molar-refractivity contribution in [1.29, 1.82) is 0 Å². The maximum atomic E-state index is 5.75. The van der Waals surface area contributed by atoms with Gasteiger partial charge < -0.3 is 34.3 Å². The monoisotopic (exact) mass is 417 g/mol. The normalized spacial score (nSPS) is 11.0. The van der Waals surface area contributed by atoms with Gasteiger partial charge in [0.05, 0.1) is 27.9 Å². The zero-order valence-corrected chi connectivity index (χ0v) is 18.3. The molecular weight excluding hydrogens is 386 g/mol. The Labute approximate surface area is 178 Å². The number of nitrogens with one attached hydrogen (secondary N) is 2. The first-order valence-corrected chi connectivity index (χ1v) is 9.64. The van der Waals surface area contributed by atoms with Crippen molar-refractivity contribution in [2.75, 3.05) is 54.0 Å². The number of ether oxygens (including phenoxy) is 5. The Balaban J connectivity index is 2.02. The molecule has 0 aliphatic rings. The summed E-state index contributed by atoms with van der Waals surface area (Å²) in [5, 5.41) is 6.55. The van der Waals surface area contributed by atoms with E-state index in [4.69, 9.17) is 23.7 Å². The van der Waals surface area contributed by atoms with Crippen molar-refractivity contribution in [3.63, 3.8) is 0 Å². The van der Waals surface area contributed by atoms with Crippen LogP contribution < -0.4 is 29.6 Å². The third kappa shape index (κ3) is 6.45. The minimum absolute atomic E-state index is 0.483. The molecule has 8 nitrogen and oxygen atoms in total. The first-order valence-electron chi connectivity index (χ1n) is 9.64. The van der Waals surface area contributed by atoms with Gasteiger partial charge in [-0.1, -0.05) is 6.07 Å². The summed E-state index contributed by atoms with van der Waals surface area (Å²) in [6.07, 6.45) is 0.838. The van der Waals surface area contributed by atoms with E-state index < -0.39 is 0 Å². The molecule has 2 rings (SSSR count). The molecule has 0 saturated heterocycles. The zero-order chi connectivity index (χ0) is 21.8. The quantitative estimate of drug-likeness (QED) is 0.330. The topological polar surface area (TPSA) is 82.6 Å². The average Bonchev–Trinajstić information content (AvgIpc) is 2.78. The highest BCUT2D eigenvalue weighted by Gasteiger charge is 2.16. The molecule has 0 unspecified atom stereocenters. The van der Waals surface area contributed by atoms with E-state index >= 15 is 0 Å². The van der Waals surface area contributed by atoms with Crippen LogP contribution in [-0.2, 0) is 11.3 Å². The first kappa shape index (κ1) is 23.2. The molecule has 164 valence electrons. The van der Waals surface area contributed by atoms with Gasteiger partial charge in [-0.05, 0) is 24.3 Å². The van der Waals surface area contributed by atoms with Crippen molar-refractivity contribution in [2.24, 2.45) is 4.99 Å². The second-order valence-corrected chi connectivity index (χ2v) is 6.27. The van der Waals surface area contributed by atoms with Gasteiger partial charge in [-0.3, -0.25) is 4.99 Å². The van der Waals surface area contributed by atoms with Crippen molar-refractivity contribution >= 4 is 11.6 Å². The fourth-order valence-corrected chi connectivity index (χ4v) is 2.85. The Hall–Kier alpha value is -3.13. The third-order valence-electron chi connectivity index (χ3n) is 4.31. The van der Waals surface area contributed by atoms with Gasteiger partial charge in [-0.2, -0.15) is 0 Å². The number of benzene rings is 2. The van der Waals surface area contributed by atoms with Crippen molar-refractivity contribution in [3.8, 4) is 23.0 Å². The molecule has 0 heterocycles. The number of guanidine groups is 1. The lowest BCUT2D eigenvalue weighted by Gasteiger charge is -2.17. The summed E-state index contributed by atoms with van der Waals surface area (Å²) in [7, 11) is 8.18. The maximum absolute atomic E-state index is 5.75. The fourth-order valence-electron chi connectivity index (χ4n) is 2.85. The summed E-state index contributed by atoms with van der Waals surface area (Å²) < 4.78 is 27.1. The first-order chi connectivity index (χ1) is 14.7. The lowest BCUT2D eigenvalue weighted by Crippen LogP contribution is -2.30. The van der Waals surface area contributed by atoms with E-state index in [2.05, 4.69) is 15.6 Å². The van der Waals surface area contributed by atoms with Gasteiger partial charge in [0.15, 0.2) is 17.5 Å². The number of hydrogen-bond donors (Lipinski definition) is 2. The minimum atomic E-state index is 0.483. The summed E-state index contributed by atoms with van der Waals surface area (Å²) in [6.45, 7) is 1.76. The van der Waals surface area contributed by atoms with Gasteiger partial charge in [0.25, 0.3) is 0 Å². The largest absolute Gasteiger partial charge is 0.493 e. The van der Waals surface area contributed by atoms with Crippen LogP contribution >= 0.6 is 0 Å². The van der Waals surface area contributed by atoms with Crippen LogP contribution in [0.4, 0.5) is 5.69 Å².